The van der Waals surface area contributed by atoms with Crippen molar-refractivity contribution in [1.82, 2.24) is 13.7 Å². The lowest BCUT2D eigenvalue weighted by molar-refractivity contribution is 0.414. The molecule has 0 atom stereocenters. The number of rotatable bonds is 6. The quantitative estimate of drug-likeness (QED) is 0.668. The lowest BCUT2D eigenvalue weighted by Crippen LogP contribution is -2.32. The van der Waals surface area contributed by atoms with Crippen molar-refractivity contribution in [1.29, 1.82) is 0 Å². The molecule has 1 saturated heterocycles. The molecule has 3 heterocycles. The zero-order valence-electron chi connectivity index (χ0n) is 16.5. The summed E-state index contributed by atoms with van der Waals surface area (Å²) in [5, 5.41) is 3.29. The Balaban J connectivity index is 1.57. The Morgan fingerprint density at radius 3 is 2.62 bits per heavy atom. The van der Waals surface area contributed by atoms with Crippen LogP contribution in [0.2, 0.25) is 0 Å². The van der Waals surface area contributed by atoms with Crippen LogP contribution < -0.4 is 10.1 Å². The third kappa shape index (κ3) is 4.23. The average molecular weight is 415 g/mol. The second-order valence-corrected chi connectivity index (χ2v) is 9.17. The number of hydrogen-bond donors (Lipinski definition) is 1. The van der Waals surface area contributed by atoms with E-state index < -0.39 is 10.0 Å². The van der Waals surface area contributed by atoms with Gasteiger partial charge in [0, 0.05) is 25.5 Å². The van der Waals surface area contributed by atoms with E-state index in [1.165, 1.54) is 0 Å². The lowest BCUT2D eigenvalue weighted by atomic mass is 10.2. The standard InChI is InChI=1S/C21H26N4O3S/c1-28-20-10-9-18(29(26,27)25-12-5-2-3-6-13-25)14-19(20)22-15-17-16-24-11-7-4-8-21(24)23-17/h4,7-11,14,16,22H,2-3,5-6,12-13,15H2,1H3. The minimum absolute atomic E-state index is 0.290. The number of methoxy groups -OCH3 is 1. The maximum absolute atomic E-state index is 13.1. The van der Waals surface area contributed by atoms with Gasteiger partial charge in [-0.05, 0) is 43.2 Å². The van der Waals surface area contributed by atoms with Gasteiger partial charge in [-0.2, -0.15) is 4.31 Å². The van der Waals surface area contributed by atoms with Crippen LogP contribution in [0.4, 0.5) is 5.69 Å². The zero-order chi connectivity index (χ0) is 20.3. The van der Waals surface area contributed by atoms with Gasteiger partial charge >= 0.3 is 0 Å². The highest BCUT2D eigenvalue weighted by Gasteiger charge is 2.26. The van der Waals surface area contributed by atoms with Crippen molar-refractivity contribution >= 4 is 21.4 Å². The van der Waals surface area contributed by atoms with Gasteiger partial charge in [0.25, 0.3) is 0 Å². The van der Waals surface area contributed by atoms with Gasteiger partial charge in [0.15, 0.2) is 0 Å². The molecule has 1 aromatic carbocycles. The number of anilines is 1. The molecular formula is C21H26N4O3S. The number of aromatic nitrogens is 2. The summed E-state index contributed by atoms with van der Waals surface area (Å²) in [4.78, 5) is 4.86. The van der Waals surface area contributed by atoms with Gasteiger partial charge in [0.2, 0.25) is 10.0 Å². The minimum atomic E-state index is -3.52. The molecule has 0 bridgehead atoms. The maximum Gasteiger partial charge on any atom is 0.243 e. The van der Waals surface area contributed by atoms with Crippen LogP contribution in [0.25, 0.3) is 5.65 Å². The van der Waals surface area contributed by atoms with E-state index in [0.29, 0.717) is 31.1 Å². The van der Waals surface area contributed by atoms with Crippen LogP contribution in [-0.4, -0.2) is 42.3 Å². The van der Waals surface area contributed by atoms with E-state index in [9.17, 15) is 8.42 Å². The number of nitrogens with one attached hydrogen (secondary N) is 1. The monoisotopic (exact) mass is 414 g/mol. The maximum atomic E-state index is 13.1. The van der Waals surface area contributed by atoms with Crippen LogP contribution in [0.1, 0.15) is 31.4 Å². The van der Waals surface area contributed by atoms with Crippen LogP contribution in [0.5, 0.6) is 5.75 Å². The first-order valence-electron chi connectivity index (χ1n) is 9.92. The number of benzene rings is 1. The third-order valence-corrected chi connectivity index (χ3v) is 7.14. The Labute approximate surface area is 171 Å². The molecular weight excluding hydrogens is 388 g/mol. The largest absolute Gasteiger partial charge is 0.495 e. The summed E-state index contributed by atoms with van der Waals surface area (Å²) < 4.78 is 35.2. The van der Waals surface area contributed by atoms with Crippen molar-refractivity contribution in [3.05, 3.63) is 54.5 Å². The Morgan fingerprint density at radius 2 is 1.90 bits per heavy atom. The topological polar surface area (TPSA) is 75.9 Å². The highest BCUT2D eigenvalue weighted by molar-refractivity contribution is 7.89. The predicted molar refractivity (Wildman–Crippen MR) is 113 cm³/mol. The van der Waals surface area contributed by atoms with Crippen LogP contribution in [0.15, 0.2) is 53.7 Å². The van der Waals surface area contributed by atoms with Crippen molar-refractivity contribution in [2.75, 3.05) is 25.5 Å². The fourth-order valence-electron chi connectivity index (χ4n) is 3.67. The zero-order valence-corrected chi connectivity index (χ0v) is 17.4. The highest BCUT2D eigenvalue weighted by atomic mass is 32.2. The van der Waals surface area contributed by atoms with Gasteiger partial charge in [0.1, 0.15) is 11.4 Å². The summed E-state index contributed by atoms with van der Waals surface area (Å²) in [7, 11) is -1.94. The van der Waals surface area contributed by atoms with Crippen molar-refractivity contribution < 1.29 is 13.2 Å². The van der Waals surface area contributed by atoms with Crippen LogP contribution in [0, 0.1) is 0 Å². The molecule has 0 spiro atoms. The SMILES string of the molecule is COc1ccc(S(=O)(=O)N2CCCCCC2)cc1NCc1cn2ccccc2n1. The molecule has 0 aliphatic carbocycles. The number of sulfonamides is 1. The highest BCUT2D eigenvalue weighted by Crippen LogP contribution is 2.30. The van der Waals surface area contributed by atoms with E-state index in [1.54, 1.807) is 29.6 Å². The number of pyridine rings is 1. The predicted octanol–water partition coefficient (Wildman–Crippen LogP) is 3.52. The first-order valence-corrected chi connectivity index (χ1v) is 11.4. The number of fused-ring (bicyclic) bond motifs is 1. The van der Waals surface area contributed by atoms with Crippen LogP contribution >= 0.6 is 0 Å². The molecule has 2 aromatic heterocycles. The Kier molecular flexibility index (Phi) is 5.73. The normalized spacial score (nSPS) is 15.9. The smallest absolute Gasteiger partial charge is 0.243 e. The van der Waals surface area contributed by atoms with Crippen molar-refractivity contribution in [3.8, 4) is 5.75 Å². The van der Waals surface area contributed by atoms with Gasteiger partial charge in [0.05, 0.1) is 29.9 Å². The Bertz CT molecular complexity index is 1050. The van der Waals surface area contributed by atoms with Gasteiger partial charge in [-0.3, -0.25) is 0 Å². The molecule has 7 nitrogen and oxygen atoms in total. The van der Waals surface area contributed by atoms with Gasteiger partial charge in [-0.1, -0.05) is 18.9 Å². The lowest BCUT2D eigenvalue weighted by Gasteiger charge is -2.21. The van der Waals surface area contributed by atoms with Crippen molar-refractivity contribution in [2.45, 2.75) is 37.1 Å². The molecule has 1 fully saturated rings. The fourth-order valence-corrected chi connectivity index (χ4v) is 5.22. The molecule has 3 aromatic rings. The van der Waals surface area contributed by atoms with E-state index in [4.69, 9.17) is 4.74 Å². The number of hydrogen-bond acceptors (Lipinski definition) is 5. The minimum Gasteiger partial charge on any atom is -0.495 e. The number of nitrogens with zero attached hydrogens (tertiary/aromatic N) is 3. The van der Waals surface area contributed by atoms with Crippen molar-refractivity contribution in [2.24, 2.45) is 0 Å². The van der Waals surface area contributed by atoms with Crippen LogP contribution in [0.3, 0.4) is 0 Å². The first-order chi connectivity index (χ1) is 14.1. The molecule has 1 aliphatic rings. The summed E-state index contributed by atoms with van der Waals surface area (Å²) in [6, 6.07) is 10.8. The average Bonchev–Trinajstić information content (AvgIpc) is 2.94. The van der Waals surface area contributed by atoms with Gasteiger partial charge in [-0.25, -0.2) is 13.4 Å². The first kappa shape index (κ1) is 19.7. The van der Waals surface area contributed by atoms with E-state index in [-0.39, 0.29) is 4.90 Å². The summed E-state index contributed by atoms with van der Waals surface area (Å²) in [5.74, 6) is 0.601. The molecule has 1 aliphatic heterocycles. The Morgan fingerprint density at radius 1 is 1.10 bits per heavy atom. The second-order valence-electron chi connectivity index (χ2n) is 7.23. The second kappa shape index (κ2) is 8.42. The number of ether oxygens (including phenoxy) is 1. The molecule has 4 rings (SSSR count). The molecule has 0 radical (unpaired) electrons. The molecule has 29 heavy (non-hydrogen) atoms. The van der Waals surface area contributed by atoms with E-state index in [1.807, 2.05) is 35.0 Å². The molecule has 0 amide bonds. The summed E-state index contributed by atoms with van der Waals surface area (Å²) in [6.45, 7) is 1.63. The number of imidazole rings is 1. The summed E-state index contributed by atoms with van der Waals surface area (Å²) in [6.07, 6.45) is 7.89. The molecule has 154 valence electrons. The third-order valence-electron chi connectivity index (χ3n) is 5.25. The molecule has 8 heteroatoms. The van der Waals surface area contributed by atoms with E-state index >= 15 is 0 Å². The van der Waals surface area contributed by atoms with Gasteiger partial charge in [-0.15, -0.1) is 0 Å². The molecule has 0 unspecified atom stereocenters. The van der Waals surface area contributed by atoms with Crippen molar-refractivity contribution in [3.63, 3.8) is 0 Å². The van der Waals surface area contributed by atoms with Gasteiger partial charge < -0.3 is 14.5 Å². The van der Waals surface area contributed by atoms with E-state index in [2.05, 4.69) is 10.3 Å². The molecule has 0 saturated carbocycles. The summed E-state index contributed by atoms with van der Waals surface area (Å²) in [5.41, 5.74) is 2.37. The fraction of sp³-hybridized carbons (Fsp3) is 0.381. The summed E-state index contributed by atoms with van der Waals surface area (Å²) >= 11 is 0. The van der Waals surface area contributed by atoms with E-state index in [0.717, 1.165) is 37.0 Å². The van der Waals surface area contributed by atoms with Crippen LogP contribution in [-0.2, 0) is 16.6 Å². The Hall–Kier alpha value is -2.58. The molecule has 1 N–H and O–H groups in total.